The van der Waals surface area contributed by atoms with Crippen molar-refractivity contribution >= 4 is 5.97 Å². The molecule has 0 saturated heterocycles. The van der Waals surface area contributed by atoms with Crippen LogP contribution in [0.3, 0.4) is 0 Å². The van der Waals surface area contributed by atoms with Gasteiger partial charge in [-0.25, -0.2) is 9.18 Å². The molecule has 2 heterocycles. The highest BCUT2D eigenvalue weighted by Gasteiger charge is 2.22. The molecule has 0 amide bonds. The SMILES string of the molecule is CCOC(=O)c1c(-c2cccnc2)ccc(-c2cccnc2)c1F. The fourth-order valence-electron chi connectivity index (χ4n) is 2.49. The van der Waals surface area contributed by atoms with Crippen LogP contribution in [0.5, 0.6) is 0 Å². The summed E-state index contributed by atoms with van der Waals surface area (Å²) >= 11 is 0. The van der Waals surface area contributed by atoms with Crippen molar-refractivity contribution in [1.82, 2.24) is 9.97 Å². The molecule has 4 nitrogen and oxygen atoms in total. The highest BCUT2D eigenvalue weighted by atomic mass is 19.1. The van der Waals surface area contributed by atoms with Crippen molar-refractivity contribution in [3.05, 3.63) is 72.6 Å². The smallest absolute Gasteiger partial charge is 0.341 e. The molecule has 0 atom stereocenters. The van der Waals surface area contributed by atoms with Crippen molar-refractivity contribution in [2.24, 2.45) is 0 Å². The quantitative estimate of drug-likeness (QED) is 0.678. The first-order valence-electron chi connectivity index (χ1n) is 7.52. The number of carbonyl (C=O) groups is 1. The van der Waals surface area contributed by atoms with Crippen LogP contribution in [0, 0.1) is 5.82 Å². The number of esters is 1. The first-order valence-corrected chi connectivity index (χ1v) is 7.52. The Hall–Kier alpha value is -3.08. The second-order valence-corrected chi connectivity index (χ2v) is 5.05. The van der Waals surface area contributed by atoms with Gasteiger partial charge in [-0.05, 0) is 19.1 Å². The number of benzene rings is 1. The molecule has 0 aliphatic rings. The maximum atomic E-state index is 15.1. The summed E-state index contributed by atoms with van der Waals surface area (Å²) in [5, 5.41) is 0. The summed E-state index contributed by atoms with van der Waals surface area (Å²) in [5.41, 5.74) is 1.91. The highest BCUT2D eigenvalue weighted by Crippen LogP contribution is 2.32. The average Bonchev–Trinajstić information content (AvgIpc) is 2.63. The Morgan fingerprint density at radius 2 is 1.58 bits per heavy atom. The Bertz CT molecular complexity index is 852. The summed E-state index contributed by atoms with van der Waals surface area (Å²) in [6.45, 7) is 1.85. The van der Waals surface area contributed by atoms with Gasteiger partial charge in [-0.15, -0.1) is 0 Å². The van der Waals surface area contributed by atoms with E-state index in [2.05, 4.69) is 9.97 Å². The van der Waals surface area contributed by atoms with E-state index >= 15 is 4.39 Å². The van der Waals surface area contributed by atoms with Gasteiger partial charge in [0.1, 0.15) is 11.4 Å². The molecule has 0 radical (unpaired) electrons. The number of rotatable bonds is 4. The monoisotopic (exact) mass is 322 g/mol. The van der Waals surface area contributed by atoms with Crippen LogP contribution in [-0.4, -0.2) is 22.5 Å². The lowest BCUT2D eigenvalue weighted by molar-refractivity contribution is 0.0522. The Morgan fingerprint density at radius 1 is 1.00 bits per heavy atom. The van der Waals surface area contributed by atoms with E-state index in [1.54, 1.807) is 68.1 Å². The molecule has 3 aromatic rings. The van der Waals surface area contributed by atoms with E-state index in [1.165, 1.54) is 0 Å². The largest absolute Gasteiger partial charge is 0.462 e. The van der Waals surface area contributed by atoms with Crippen LogP contribution in [0.15, 0.2) is 61.2 Å². The normalized spacial score (nSPS) is 10.4. The van der Waals surface area contributed by atoms with Crippen LogP contribution in [0.4, 0.5) is 4.39 Å². The molecule has 120 valence electrons. The summed E-state index contributed by atoms with van der Waals surface area (Å²) in [6.07, 6.45) is 6.36. The predicted octanol–water partition coefficient (Wildman–Crippen LogP) is 4.13. The van der Waals surface area contributed by atoms with Crippen molar-refractivity contribution in [3.8, 4) is 22.3 Å². The maximum Gasteiger partial charge on any atom is 0.341 e. The molecule has 2 aromatic heterocycles. The number of hydrogen-bond acceptors (Lipinski definition) is 4. The molecule has 24 heavy (non-hydrogen) atoms. The van der Waals surface area contributed by atoms with Crippen molar-refractivity contribution in [1.29, 1.82) is 0 Å². The summed E-state index contributed by atoms with van der Waals surface area (Å²) < 4.78 is 20.2. The van der Waals surface area contributed by atoms with Gasteiger partial charge in [0, 0.05) is 47.0 Å². The third-order valence-electron chi connectivity index (χ3n) is 3.57. The molecular formula is C19H15FN2O2. The third kappa shape index (κ3) is 3.01. The fraction of sp³-hybridized carbons (Fsp3) is 0.105. The molecule has 1 aromatic carbocycles. The lowest BCUT2D eigenvalue weighted by atomic mass is 9.95. The second kappa shape index (κ2) is 7.00. The van der Waals surface area contributed by atoms with Gasteiger partial charge in [0.2, 0.25) is 0 Å². The molecule has 0 spiro atoms. The van der Waals surface area contributed by atoms with E-state index in [0.717, 1.165) is 0 Å². The first kappa shape index (κ1) is 15.8. The summed E-state index contributed by atoms with van der Waals surface area (Å²) in [4.78, 5) is 20.4. The van der Waals surface area contributed by atoms with Crippen LogP contribution in [0.2, 0.25) is 0 Å². The third-order valence-corrected chi connectivity index (χ3v) is 3.57. The average molecular weight is 322 g/mol. The molecule has 0 fully saturated rings. The van der Waals surface area contributed by atoms with E-state index in [9.17, 15) is 4.79 Å². The lowest BCUT2D eigenvalue weighted by Gasteiger charge is -2.13. The number of hydrogen-bond donors (Lipinski definition) is 0. The molecule has 3 rings (SSSR count). The molecule has 0 aliphatic carbocycles. The fourth-order valence-corrected chi connectivity index (χ4v) is 2.49. The second-order valence-electron chi connectivity index (χ2n) is 5.05. The van der Waals surface area contributed by atoms with Gasteiger partial charge in [0.15, 0.2) is 0 Å². The minimum Gasteiger partial charge on any atom is -0.462 e. The summed E-state index contributed by atoms with van der Waals surface area (Å²) in [6, 6.07) is 10.3. The number of ether oxygens (including phenoxy) is 1. The van der Waals surface area contributed by atoms with Crippen LogP contribution < -0.4 is 0 Å². The lowest BCUT2D eigenvalue weighted by Crippen LogP contribution is -2.10. The van der Waals surface area contributed by atoms with E-state index in [-0.39, 0.29) is 12.2 Å². The number of carbonyl (C=O) groups excluding carboxylic acids is 1. The van der Waals surface area contributed by atoms with E-state index in [4.69, 9.17) is 4.74 Å². The summed E-state index contributed by atoms with van der Waals surface area (Å²) in [7, 11) is 0. The standard InChI is InChI=1S/C19H15FN2O2/c1-2-24-19(23)17-15(13-5-3-9-21-11-13)7-8-16(18(17)20)14-6-4-10-22-12-14/h3-12H,2H2,1H3. The van der Waals surface area contributed by atoms with Crippen molar-refractivity contribution in [2.45, 2.75) is 6.92 Å². The number of aromatic nitrogens is 2. The molecule has 5 heteroatoms. The van der Waals surface area contributed by atoms with Crippen LogP contribution in [0.1, 0.15) is 17.3 Å². The van der Waals surface area contributed by atoms with Gasteiger partial charge in [-0.3, -0.25) is 9.97 Å². The predicted molar refractivity (Wildman–Crippen MR) is 88.8 cm³/mol. The topological polar surface area (TPSA) is 52.1 Å². The molecular weight excluding hydrogens is 307 g/mol. The molecule has 0 unspecified atom stereocenters. The molecule has 0 bridgehead atoms. The number of halogens is 1. The maximum absolute atomic E-state index is 15.1. The van der Waals surface area contributed by atoms with E-state index in [0.29, 0.717) is 22.3 Å². The highest BCUT2D eigenvalue weighted by molar-refractivity contribution is 5.99. The van der Waals surface area contributed by atoms with Crippen LogP contribution in [-0.2, 0) is 4.74 Å². The zero-order chi connectivity index (χ0) is 16.9. The number of pyridine rings is 2. The van der Waals surface area contributed by atoms with E-state index in [1.807, 2.05) is 0 Å². The number of nitrogens with zero attached hydrogens (tertiary/aromatic N) is 2. The minimum atomic E-state index is -0.695. The Labute approximate surface area is 139 Å². The zero-order valence-electron chi connectivity index (χ0n) is 13.1. The Balaban J connectivity index is 2.21. The van der Waals surface area contributed by atoms with Crippen molar-refractivity contribution < 1.29 is 13.9 Å². The zero-order valence-corrected chi connectivity index (χ0v) is 13.1. The summed E-state index contributed by atoms with van der Waals surface area (Å²) in [5.74, 6) is -1.32. The van der Waals surface area contributed by atoms with E-state index < -0.39 is 11.8 Å². The minimum absolute atomic E-state index is 0.0915. The molecule has 0 saturated carbocycles. The molecule has 0 aliphatic heterocycles. The van der Waals surface area contributed by atoms with Crippen molar-refractivity contribution in [2.75, 3.05) is 6.61 Å². The Kier molecular flexibility index (Phi) is 4.61. The van der Waals surface area contributed by atoms with Crippen LogP contribution >= 0.6 is 0 Å². The Morgan fingerprint density at radius 3 is 2.12 bits per heavy atom. The van der Waals surface area contributed by atoms with Gasteiger partial charge in [0.05, 0.1) is 6.61 Å². The van der Waals surface area contributed by atoms with Gasteiger partial charge in [-0.2, -0.15) is 0 Å². The van der Waals surface area contributed by atoms with Crippen molar-refractivity contribution in [3.63, 3.8) is 0 Å². The van der Waals surface area contributed by atoms with Gasteiger partial charge in [0.25, 0.3) is 0 Å². The first-order chi connectivity index (χ1) is 11.7. The van der Waals surface area contributed by atoms with Gasteiger partial charge in [-0.1, -0.05) is 24.3 Å². The van der Waals surface area contributed by atoms with Crippen LogP contribution in [0.25, 0.3) is 22.3 Å². The van der Waals surface area contributed by atoms with Gasteiger partial charge >= 0.3 is 5.97 Å². The molecule has 0 N–H and O–H groups in total. The van der Waals surface area contributed by atoms with Gasteiger partial charge < -0.3 is 4.74 Å².